The molecular formula is C16H16BrF2N. The number of aryl methyl sites for hydroxylation is 1. The molecule has 1 N–H and O–H groups in total. The SMILES string of the molecule is CNC(Cc1ccc(F)cc1C)c1ccc(F)cc1Br. The Balaban J connectivity index is 2.28. The van der Waals surface area contributed by atoms with Crippen LogP contribution in [0.5, 0.6) is 0 Å². The van der Waals surface area contributed by atoms with Crippen LogP contribution in [0, 0.1) is 18.6 Å². The summed E-state index contributed by atoms with van der Waals surface area (Å²) < 4.78 is 27.0. The van der Waals surface area contributed by atoms with E-state index in [2.05, 4.69) is 21.2 Å². The zero-order valence-electron chi connectivity index (χ0n) is 11.4. The van der Waals surface area contributed by atoms with E-state index in [0.717, 1.165) is 21.2 Å². The summed E-state index contributed by atoms with van der Waals surface area (Å²) in [4.78, 5) is 0. The number of benzene rings is 2. The molecule has 0 fully saturated rings. The van der Waals surface area contributed by atoms with E-state index in [1.165, 1.54) is 24.3 Å². The zero-order chi connectivity index (χ0) is 14.7. The Labute approximate surface area is 126 Å². The first-order valence-corrected chi connectivity index (χ1v) is 7.18. The first-order chi connectivity index (χ1) is 9.51. The molecule has 2 rings (SSSR count). The van der Waals surface area contributed by atoms with E-state index < -0.39 is 0 Å². The number of hydrogen-bond donors (Lipinski definition) is 1. The normalized spacial score (nSPS) is 12.4. The van der Waals surface area contributed by atoms with Gasteiger partial charge in [-0.3, -0.25) is 0 Å². The van der Waals surface area contributed by atoms with Crippen LogP contribution in [0.1, 0.15) is 22.7 Å². The predicted octanol–water partition coefficient (Wildman–Crippen LogP) is 4.54. The number of likely N-dealkylation sites (N-methyl/N-ethyl adjacent to an activating group) is 1. The van der Waals surface area contributed by atoms with Crippen LogP contribution >= 0.6 is 15.9 Å². The minimum Gasteiger partial charge on any atom is -0.313 e. The lowest BCUT2D eigenvalue weighted by atomic mass is 9.96. The molecule has 0 aromatic heterocycles. The van der Waals surface area contributed by atoms with Crippen LogP contribution in [-0.2, 0) is 6.42 Å². The molecule has 4 heteroatoms. The first-order valence-electron chi connectivity index (χ1n) is 6.38. The Morgan fingerprint density at radius 2 is 1.75 bits per heavy atom. The van der Waals surface area contributed by atoms with Gasteiger partial charge in [-0.05, 0) is 61.3 Å². The Morgan fingerprint density at radius 3 is 2.35 bits per heavy atom. The molecule has 0 amide bonds. The topological polar surface area (TPSA) is 12.0 Å². The lowest BCUT2D eigenvalue weighted by molar-refractivity contribution is 0.579. The lowest BCUT2D eigenvalue weighted by Gasteiger charge is -2.19. The van der Waals surface area contributed by atoms with Crippen molar-refractivity contribution in [2.24, 2.45) is 0 Å². The second kappa shape index (κ2) is 6.46. The summed E-state index contributed by atoms with van der Waals surface area (Å²) in [6.45, 7) is 1.89. The third-order valence-electron chi connectivity index (χ3n) is 3.42. The van der Waals surface area contributed by atoms with E-state index in [4.69, 9.17) is 0 Å². The van der Waals surface area contributed by atoms with Crippen LogP contribution in [0.4, 0.5) is 8.78 Å². The van der Waals surface area contributed by atoms with Crippen molar-refractivity contribution in [2.75, 3.05) is 7.05 Å². The van der Waals surface area contributed by atoms with Crippen LogP contribution in [0.15, 0.2) is 40.9 Å². The fraction of sp³-hybridized carbons (Fsp3) is 0.250. The molecule has 106 valence electrons. The van der Waals surface area contributed by atoms with Gasteiger partial charge >= 0.3 is 0 Å². The molecule has 0 bridgehead atoms. The zero-order valence-corrected chi connectivity index (χ0v) is 13.0. The molecule has 2 aromatic carbocycles. The van der Waals surface area contributed by atoms with Gasteiger partial charge < -0.3 is 5.32 Å². The molecule has 0 heterocycles. The Kier molecular flexibility index (Phi) is 4.89. The largest absolute Gasteiger partial charge is 0.313 e. The summed E-state index contributed by atoms with van der Waals surface area (Å²) in [5, 5.41) is 3.22. The maximum absolute atomic E-state index is 13.2. The third kappa shape index (κ3) is 3.44. The quantitative estimate of drug-likeness (QED) is 0.862. The molecule has 0 spiro atoms. The van der Waals surface area contributed by atoms with Gasteiger partial charge in [0.25, 0.3) is 0 Å². The average Bonchev–Trinajstić information content (AvgIpc) is 2.39. The molecule has 1 unspecified atom stereocenters. The van der Waals surface area contributed by atoms with E-state index in [9.17, 15) is 8.78 Å². The summed E-state index contributed by atoms with van der Waals surface area (Å²) in [7, 11) is 1.86. The van der Waals surface area contributed by atoms with Gasteiger partial charge in [-0.2, -0.15) is 0 Å². The summed E-state index contributed by atoms with van der Waals surface area (Å²) in [5.41, 5.74) is 2.98. The van der Waals surface area contributed by atoms with Crippen molar-refractivity contribution in [3.63, 3.8) is 0 Å². The van der Waals surface area contributed by atoms with Crippen molar-refractivity contribution >= 4 is 15.9 Å². The van der Waals surface area contributed by atoms with E-state index in [0.29, 0.717) is 6.42 Å². The first kappa shape index (κ1) is 15.1. The van der Waals surface area contributed by atoms with Crippen LogP contribution in [0.25, 0.3) is 0 Å². The van der Waals surface area contributed by atoms with E-state index in [-0.39, 0.29) is 17.7 Å². The standard InChI is InChI=1S/C16H16BrF2N/c1-10-7-12(18)4-3-11(10)8-16(20-2)14-6-5-13(19)9-15(14)17/h3-7,9,16,20H,8H2,1-2H3. The summed E-state index contributed by atoms with van der Waals surface area (Å²) >= 11 is 3.39. The smallest absolute Gasteiger partial charge is 0.124 e. The minimum absolute atomic E-state index is 0.0362. The maximum Gasteiger partial charge on any atom is 0.124 e. The molecule has 0 radical (unpaired) electrons. The molecule has 0 aliphatic heterocycles. The number of rotatable bonds is 4. The van der Waals surface area contributed by atoms with Crippen molar-refractivity contribution in [2.45, 2.75) is 19.4 Å². The molecule has 0 saturated carbocycles. The predicted molar refractivity (Wildman–Crippen MR) is 80.7 cm³/mol. The van der Waals surface area contributed by atoms with Gasteiger partial charge in [0.1, 0.15) is 11.6 Å². The molecular weight excluding hydrogens is 324 g/mol. The highest BCUT2D eigenvalue weighted by Crippen LogP contribution is 2.27. The van der Waals surface area contributed by atoms with E-state index in [1.54, 1.807) is 12.1 Å². The van der Waals surface area contributed by atoms with Crippen molar-refractivity contribution in [3.05, 3.63) is 69.2 Å². The number of hydrogen-bond acceptors (Lipinski definition) is 1. The van der Waals surface area contributed by atoms with Gasteiger partial charge in [-0.25, -0.2) is 8.78 Å². The average molecular weight is 340 g/mol. The molecule has 1 atom stereocenters. The van der Waals surface area contributed by atoms with Gasteiger partial charge in [-0.15, -0.1) is 0 Å². The Bertz CT molecular complexity index is 613. The Morgan fingerprint density at radius 1 is 1.10 bits per heavy atom. The van der Waals surface area contributed by atoms with E-state index in [1.807, 2.05) is 14.0 Å². The van der Waals surface area contributed by atoms with Crippen molar-refractivity contribution < 1.29 is 8.78 Å². The molecule has 1 nitrogen and oxygen atoms in total. The van der Waals surface area contributed by atoms with Crippen LogP contribution < -0.4 is 5.32 Å². The van der Waals surface area contributed by atoms with Crippen LogP contribution in [-0.4, -0.2) is 7.05 Å². The second-order valence-corrected chi connectivity index (χ2v) is 5.64. The third-order valence-corrected chi connectivity index (χ3v) is 4.10. The van der Waals surface area contributed by atoms with Gasteiger partial charge in [-0.1, -0.05) is 28.1 Å². The van der Waals surface area contributed by atoms with Crippen molar-refractivity contribution in [1.82, 2.24) is 5.32 Å². The van der Waals surface area contributed by atoms with Crippen LogP contribution in [0.2, 0.25) is 0 Å². The summed E-state index contributed by atoms with van der Waals surface area (Å²) in [5.74, 6) is -0.497. The van der Waals surface area contributed by atoms with Gasteiger partial charge in [0.05, 0.1) is 0 Å². The van der Waals surface area contributed by atoms with Gasteiger partial charge in [0.2, 0.25) is 0 Å². The molecule has 0 aliphatic carbocycles. The fourth-order valence-corrected chi connectivity index (χ4v) is 2.89. The number of halogens is 3. The molecule has 0 aliphatic rings. The molecule has 20 heavy (non-hydrogen) atoms. The lowest BCUT2D eigenvalue weighted by Crippen LogP contribution is -2.19. The Hall–Kier alpha value is -1.26. The van der Waals surface area contributed by atoms with Gasteiger partial charge in [0, 0.05) is 10.5 Å². The highest BCUT2D eigenvalue weighted by molar-refractivity contribution is 9.10. The maximum atomic E-state index is 13.2. The fourth-order valence-electron chi connectivity index (χ4n) is 2.26. The van der Waals surface area contributed by atoms with Crippen molar-refractivity contribution in [1.29, 1.82) is 0 Å². The molecule has 2 aromatic rings. The highest BCUT2D eigenvalue weighted by Gasteiger charge is 2.15. The van der Waals surface area contributed by atoms with Crippen LogP contribution in [0.3, 0.4) is 0 Å². The second-order valence-electron chi connectivity index (χ2n) is 4.78. The minimum atomic E-state index is -0.270. The van der Waals surface area contributed by atoms with Gasteiger partial charge in [0.15, 0.2) is 0 Å². The summed E-state index contributed by atoms with van der Waals surface area (Å²) in [6, 6.07) is 9.50. The highest BCUT2D eigenvalue weighted by atomic mass is 79.9. The monoisotopic (exact) mass is 339 g/mol. The molecule has 0 saturated heterocycles. The summed E-state index contributed by atoms with van der Waals surface area (Å²) in [6.07, 6.45) is 0.715. The van der Waals surface area contributed by atoms with Crippen molar-refractivity contribution in [3.8, 4) is 0 Å². The number of nitrogens with one attached hydrogen (secondary N) is 1. The van der Waals surface area contributed by atoms with E-state index >= 15 is 0 Å².